The molecule has 0 saturated heterocycles. The maximum atomic E-state index is 5.88. The molecular formula is C20H24O3. The molecule has 1 fully saturated rings. The first-order chi connectivity index (χ1) is 11.2. The normalized spacial score (nSPS) is 19.4. The molecule has 0 aliphatic heterocycles. The minimum absolute atomic E-state index is 0.292. The molecule has 0 aromatic heterocycles. The predicted octanol–water partition coefficient (Wildman–Crippen LogP) is 4.24. The zero-order valence-electron chi connectivity index (χ0n) is 13.8. The van der Waals surface area contributed by atoms with Gasteiger partial charge in [-0.15, -0.1) is 0 Å². The summed E-state index contributed by atoms with van der Waals surface area (Å²) in [5.74, 6) is 3.25. The smallest absolute Gasteiger partial charge is 0.188 e. The Morgan fingerprint density at radius 2 is 1.52 bits per heavy atom. The average Bonchev–Trinajstić information content (AvgIpc) is 3.32. The van der Waals surface area contributed by atoms with Gasteiger partial charge in [0.1, 0.15) is 11.5 Å². The zero-order chi connectivity index (χ0) is 16.1. The van der Waals surface area contributed by atoms with E-state index in [2.05, 4.69) is 31.2 Å². The van der Waals surface area contributed by atoms with Crippen LogP contribution in [0.2, 0.25) is 0 Å². The lowest BCUT2D eigenvalue weighted by Gasteiger charge is -2.07. The van der Waals surface area contributed by atoms with Crippen LogP contribution in [0.1, 0.15) is 17.5 Å². The van der Waals surface area contributed by atoms with Crippen molar-refractivity contribution in [2.24, 2.45) is 11.8 Å². The Balaban J connectivity index is 1.41. The molecule has 2 unspecified atom stereocenters. The van der Waals surface area contributed by atoms with Gasteiger partial charge in [-0.1, -0.05) is 29.8 Å². The van der Waals surface area contributed by atoms with E-state index >= 15 is 0 Å². The summed E-state index contributed by atoms with van der Waals surface area (Å²) in [7, 11) is 1.63. The Kier molecular flexibility index (Phi) is 5.19. The van der Waals surface area contributed by atoms with Gasteiger partial charge in [-0.05, 0) is 61.4 Å². The van der Waals surface area contributed by atoms with Gasteiger partial charge < -0.3 is 14.2 Å². The van der Waals surface area contributed by atoms with E-state index in [9.17, 15) is 0 Å². The van der Waals surface area contributed by atoms with Crippen molar-refractivity contribution in [3.05, 3.63) is 59.7 Å². The molecule has 3 nitrogen and oxygen atoms in total. The number of aryl methyl sites for hydroxylation is 1. The molecule has 2 atom stereocenters. The molecule has 2 aromatic carbocycles. The van der Waals surface area contributed by atoms with Crippen LogP contribution in [0, 0.1) is 18.8 Å². The molecule has 3 heteroatoms. The van der Waals surface area contributed by atoms with Crippen LogP contribution in [0.5, 0.6) is 11.5 Å². The second-order valence-electron chi connectivity index (χ2n) is 6.28. The SMILES string of the molecule is COCOc1ccc(CC2CC2COc2ccc(C)cc2)cc1. The third kappa shape index (κ3) is 4.73. The molecule has 3 rings (SSSR count). The van der Waals surface area contributed by atoms with E-state index in [1.54, 1.807) is 7.11 Å². The Bertz CT molecular complexity index is 604. The molecule has 1 aliphatic carbocycles. The van der Waals surface area contributed by atoms with Crippen molar-refractivity contribution < 1.29 is 14.2 Å². The highest BCUT2D eigenvalue weighted by atomic mass is 16.7. The molecule has 2 aromatic rings. The van der Waals surface area contributed by atoms with Crippen LogP contribution in [-0.2, 0) is 11.2 Å². The number of ether oxygens (including phenoxy) is 3. The fourth-order valence-corrected chi connectivity index (χ4v) is 2.75. The van der Waals surface area contributed by atoms with E-state index in [0.29, 0.717) is 12.7 Å². The molecule has 0 bridgehead atoms. The molecule has 0 amide bonds. The molecule has 1 saturated carbocycles. The van der Waals surface area contributed by atoms with Gasteiger partial charge in [0.25, 0.3) is 0 Å². The molecule has 23 heavy (non-hydrogen) atoms. The first-order valence-electron chi connectivity index (χ1n) is 8.15. The molecular weight excluding hydrogens is 288 g/mol. The van der Waals surface area contributed by atoms with Crippen molar-refractivity contribution in [3.8, 4) is 11.5 Å². The Labute approximate surface area is 138 Å². The number of benzene rings is 2. The minimum atomic E-state index is 0.292. The van der Waals surface area contributed by atoms with Gasteiger partial charge in [0, 0.05) is 7.11 Å². The van der Waals surface area contributed by atoms with Crippen molar-refractivity contribution in [2.45, 2.75) is 19.8 Å². The summed E-state index contributed by atoms with van der Waals surface area (Å²) >= 11 is 0. The van der Waals surface area contributed by atoms with E-state index in [1.165, 1.54) is 17.5 Å². The first kappa shape index (κ1) is 15.9. The highest BCUT2D eigenvalue weighted by molar-refractivity contribution is 5.28. The van der Waals surface area contributed by atoms with Gasteiger partial charge >= 0.3 is 0 Å². The Morgan fingerprint density at radius 1 is 0.870 bits per heavy atom. The standard InChI is InChI=1S/C20H24O3/c1-15-3-7-19(8-4-15)22-13-18-12-17(18)11-16-5-9-20(10-6-16)23-14-21-2/h3-10,17-18H,11-14H2,1-2H3. The molecule has 0 heterocycles. The molecule has 0 radical (unpaired) electrons. The second kappa shape index (κ2) is 7.51. The summed E-state index contributed by atoms with van der Waals surface area (Å²) in [6.45, 7) is 3.20. The van der Waals surface area contributed by atoms with Crippen molar-refractivity contribution in [1.82, 2.24) is 0 Å². The van der Waals surface area contributed by atoms with Gasteiger partial charge in [0.05, 0.1) is 6.61 Å². The fraction of sp³-hybridized carbons (Fsp3) is 0.400. The van der Waals surface area contributed by atoms with Gasteiger partial charge in [0.15, 0.2) is 6.79 Å². The highest BCUT2D eigenvalue weighted by Crippen LogP contribution is 2.41. The number of hydrogen-bond donors (Lipinski definition) is 0. The van der Waals surface area contributed by atoms with Gasteiger partial charge in [0.2, 0.25) is 0 Å². The highest BCUT2D eigenvalue weighted by Gasteiger charge is 2.37. The largest absolute Gasteiger partial charge is 0.493 e. The number of methoxy groups -OCH3 is 1. The minimum Gasteiger partial charge on any atom is -0.493 e. The van der Waals surface area contributed by atoms with Crippen LogP contribution in [0.25, 0.3) is 0 Å². The van der Waals surface area contributed by atoms with E-state index in [4.69, 9.17) is 14.2 Å². The summed E-state index contributed by atoms with van der Waals surface area (Å²) < 4.78 is 16.2. The van der Waals surface area contributed by atoms with Crippen LogP contribution in [0.3, 0.4) is 0 Å². The lowest BCUT2D eigenvalue weighted by atomic mass is 10.1. The van der Waals surface area contributed by atoms with Crippen LogP contribution in [0.15, 0.2) is 48.5 Å². The van der Waals surface area contributed by atoms with Crippen molar-refractivity contribution in [1.29, 1.82) is 0 Å². The predicted molar refractivity (Wildman–Crippen MR) is 90.9 cm³/mol. The van der Waals surface area contributed by atoms with E-state index in [-0.39, 0.29) is 0 Å². The second-order valence-corrected chi connectivity index (χ2v) is 6.28. The van der Waals surface area contributed by atoms with E-state index in [1.807, 2.05) is 24.3 Å². The third-order valence-corrected chi connectivity index (χ3v) is 4.32. The summed E-state index contributed by atoms with van der Waals surface area (Å²) in [6.07, 6.45) is 2.38. The van der Waals surface area contributed by atoms with E-state index < -0.39 is 0 Å². The monoisotopic (exact) mass is 312 g/mol. The van der Waals surface area contributed by atoms with Crippen molar-refractivity contribution >= 4 is 0 Å². The molecule has 0 N–H and O–H groups in total. The topological polar surface area (TPSA) is 27.7 Å². The van der Waals surface area contributed by atoms with Gasteiger partial charge in [-0.25, -0.2) is 0 Å². The molecule has 0 spiro atoms. The van der Waals surface area contributed by atoms with Crippen LogP contribution < -0.4 is 9.47 Å². The fourth-order valence-electron chi connectivity index (χ4n) is 2.75. The lowest BCUT2D eigenvalue weighted by Crippen LogP contribution is -2.02. The maximum absolute atomic E-state index is 5.88. The lowest BCUT2D eigenvalue weighted by molar-refractivity contribution is 0.0511. The summed E-state index contributed by atoms with van der Waals surface area (Å²) in [5.41, 5.74) is 2.62. The summed E-state index contributed by atoms with van der Waals surface area (Å²) in [4.78, 5) is 0. The zero-order valence-corrected chi connectivity index (χ0v) is 13.8. The van der Waals surface area contributed by atoms with E-state index in [0.717, 1.165) is 30.4 Å². The molecule has 1 aliphatic rings. The number of hydrogen-bond acceptors (Lipinski definition) is 3. The summed E-state index contributed by atoms with van der Waals surface area (Å²) in [6, 6.07) is 16.6. The maximum Gasteiger partial charge on any atom is 0.188 e. The van der Waals surface area contributed by atoms with Gasteiger partial charge in [-0.2, -0.15) is 0 Å². The van der Waals surface area contributed by atoms with Crippen molar-refractivity contribution in [3.63, 3.8) is 0 Å². The Morgan fingerprint density at radius 3 is 2.22 bits per heavy atom. The average molecular weight is 312 g/mol. The van der Waals surface area contributed by atoms with Crippen LogP contribution in [0.4, 0.5) is 0 Å². The first-order valence-corrected chi connectivity index (χ1v) is 8.15. The van der Waals surface area contributed by atoms with Gasteiger partial charge in [-0.3, -0.25) is 0 Å². The summed E-state index contributed by atoms with van der Waals surface area (Å²) in [5, 5.41) is 0. The Hall–Kier alpha value is -2.00. The number of rotatable bonds is 8. The molecule has 122 valence electrons. The van der Waals surface area contributed by atoms with Crippen LogP contribution >= 0.6 is 0 Å². The quantitative estimate of drug-likeness (QED) is 0.683. The van der Waals surface area contributed by atoms with Crippen molar-refractivity contribution in [2.75, 3.05) is 20.5 Å². The third-order valence-electron chi connectivity index (χ3n) is 4.32. The van der Waals surface area contributed by atoms with Crippen LogP contribution in [-0.4, -0.2) is 20.5 Å².